The summed E-state index contributed by atoms with van der Waals surface area (Å²) in [5.41, 5.74) is 6.63. The van der Waals surface area contributed by atoms with Crippen LogP contribution in [-0.2, 0) is 17.6 Å². The Morgan fingerprint density at radius 2 is 1.14 bits per heavy atom. The maximum atomic E-state index is 13.1. The van der Waals surface area contributed by atoms with E-state index in [0.29, 0.717) is 13.1 Å². The summed E-state index contributed by atoms with van der Waals surface area (Å²) < 4.78 is 0. The van der Waals surface area contributed by atoms with E-state index in [2.05, 4.69) is 74.3 Å². The summed E-state index contributed by atoms with van der Waals surface area (Å²) in [5.74, 6) is 0.174. The highest BCUT2D eigenvalue weighted by Gasteiger charge is 2.23. The zero-order valence-corrected chi connectivity index (χ0v) is 17.4. The monoisotopic (exact) mass is 373 g/mol. The number of Topliss-reactive ketones (excluding diaryl/α,β-unsaturated/α-hetero) is 1. The van der Waals surface area contributed by atoms with Crippen LogP contribution in [0.2, 0.25) is 0 Å². The normalized spacial score (nSPS) is 18.2. The Morgan fingerprint density at radius 1 is 0.750 bits per heavy atom. The fraction of sp³-hybridized carbons (Fsp3) is 0.346. The average molecular weight is 374 g/mol. The standard InChI is InChI=1S/C26H31NO/c1-4-6-20-8-12-22(13-9-20)16-24-18-27(3)19-25(26(24)28)17-23-14-10-21(7-5-2)11-15-23/h8-17H,4-7,18-19H2,1-3H3/b24-16-,25-17+. The van der Waals surface area contributed by atoms with E-state index >= 15 is 0 Å². The van der Waals surface area contributed by atoms with E-state index in [9.17, 15) is 4.79 Å². The zero-order valence-electron chi connectivity index (χ0n) is 17.4. The molecule has 0 N–H and O–H groups in total. The van der Waals surface area contributed by atoms with Crippen molar-refractivity contribution >= 4 is 17.9 Å². The first-order chi connectivity index (χ1) is 13.6. The molecule has 3 rings (SSSR count). The predicted molar refractivity (Wildman–Crippen MR) is 119 cm³/mol. The van der Waals surface area contributed by atoms with Gasteiger partial charge < -0.3 is 0 Å². The van der Waals surface area contributed by atoms with Gasteiger partial charge in [-0.15, -0.1) is 0 Å². The molecule has 1 fully saturated rings. The number of likely N-dealkylation sites (N-methyl/N-ethyl adjacent to an activating group) is 1. The molecule has 0 spiro atoms. The minimum absolute atomic E-state index is 0.174. The van der Waals surface area contributed by atoms with E-state index in [4.69, 9.17) is 0 Å². The molecule has 1 saturated heterocycles. The molecule has 0 bridgehead atoms. The van der Waals surface area contributed by atoms with Crippen molar-refractivity contribution in [3.63, 3.8) is 0 Å². The van der Waals surface area contributed by atoms with E-state index in [-0.39, 0.29) is 5.78 Å². The first-order valence-electron chi connectivity index (χ1n) is 10.4. The maximum Gasteiger partial charge on any atom is 0.187 e. The number of carbonyl (C=O) groups excluding carboxylic acids is 1. The lowest BCUT2D eigenvalue weighted by Gasteiger charge is -2.26. The van der Waals surface area contributed by atoms with Crippen molar-refractivity contribution in [2.45, 2.75) is 39.5 Å². The Morgan fingerprint density at radius 3 is 1.50 bits per heavy atom. The van der Waals surface area contributed by atoms with Crippen LogP contribution in [0.4, 0.5) is 0 Å². The van der Waals surface area contributed by atoms with Crippen LogP contribution < -0.4 is 0 Å². The van der Waals surface area contributed by atoms with Crippen molar-refractivity contribution in [2.24, 2.45) is 0 Å². The summed E-state index contributed by atoms with van der Waals surface area (Å²) in [6, 6.07) is 17.2. The van der Waals surface area contributed by atoms with Crippen molar-refractivity contribution in [2.75, 3.05) is 20.1 Å². The molecule has 2 aromatic carbocycles. The highest BCUT2D eigenvalue weighted by atomic mass is 16.1. The number of carbonyl (C=O) groups is 1. The van der Waals surface area contributed by atoms with Crippen molar-refractivity contribution in [3.05, 3.63) is 81.9 Å². The Balaban J connectivity index is 1.81. The van der Waals surface area contributed by atoms with Gasteiger partial charge in [0.1, 0.15) is 0 Å². The van der Waals surface area contributed by atoms with Gasteiger partial charge in [-0.1, -0.05) is 75.2 Å². The molecule has 0 aromatic heterocycles. The smallest absolute Gasteiger partial charge is 0.187 e. The quantitative estimate of drug-likeness (QED) is 0.617. The molecule has 1 aliphatic heterocycles. The number of hydrogen-bond acceptors (Lipinski definition) is 2. The molecule has 1 aliphatic rings. The molecule has 0 aliphatic carbocycles. The summed E-state index contributed by atoms with van der Waals surface area (Å²) in [6.45, 7) is 5.78. The molecule has 0 amide bonds. The molecule has 0 atom stereocenters. The minimum Gasteiger partial charge on any atom is -0.298 e. The van der Waals surface area contributed by atoms with Crippen LogP contribution in [0.1, 0.15) is 48.9 Å². The minimum atomic E-state index is 0.174. The molecular formula is C26H31NO. The van der Waals surface area contributed by atoms with Gasteiger partial charge in [0.25, 0.3) is 0 Å². The Hall–Kier alpha value is -2.45. The Labute approximate surface area is 169 Å². The third kappa shape index (κ3) is 5.30. The lowest BCUT2D eigenvalue weighted by molar-refractivity contribution is -0.113. The van der Waals surface area contributed by atoms with Gasteiger partial charge in [0.2, 0.25) is 0 Å². The van der Waals surface area contributed by atoms with Crippen LogP contribution in [0.3, 0.4) is 0 Å². The molecule has 0 radical (unpaired) electrons. The second-order valence-electron chi connectivity index (χ2n) is 7.82. The first-order valence-corrected chi connectivity index (χ1v) is 10.4. The van der Waals surface area contributed by atoms with Crippen LogP contribution in [0.5, 0.6) is 0 Å². The fourth-order valence-corrected chi connectivity index (χ4v) is 3.75. The lowest BCUT2D eigenvalue weighted by Crippen LogP contribution is -2.34. The molecule has 0 saturated carbocycles. The van der Waals surface area contributed by atoms with Gasteiger partial charge in [-0.05, 0) is 54.3 Å². The van der Waals surface area contributed by atoms with Crippen LogP contribution in [0.25, 0.3) is 12.2 Å². The van der Waals surface area contributed by atoms with Gasteiger partial charge in [-0.2, -0.15) is 0 Å². The summed E-state index contributed by atoms with van der Waals surface area (Å²) in [4.78, 5) is 15.3. The van der Waals surface area contributed by atoms with Gasteiger partial charge in [0.15, 0.2) is 5.78 Å². The van der Waals surface area contributed by atoms with Gasteiger partial charge >= 0.3 is 0 Å². The molecule has 146 valence electrons. The third-order valence-electron chi connectivity index (χ3n) is 5.18. The largest absolute Gasteiger partial charge is 0.298 e. The van der Waals surface area contributed by atoms with E-state index in [1.165, 1.54) is 11.1 Å². The number of piperidine rings is 1. The van der Waals surface area contributed by atoms with Crippen LogP contribution in [-0.4, -0.2) is 30.8 Å². The number of rotatable bonds is 6. The number of nitrogens with zero attached hydrogens (tertiary/aromatic N) is 1. The molecule has 2 heteroatoms. The number of likely N-dealkylation sites (tertiary alicyclic amines) is 1. The molecule has 2 aromatic rings. The van der Waals surface area contributed by atoms with Crippen molar-refractivity contribution in [1.82, 2.24) is 4.90 Å². The second kappa shape index (κ2) is 9.66. The van der Waals surface area contributed by atoms with Crippen LogP contribution in [0, 0.1) is 0 Å². The average Bonchev–Trinajstić information content (AvgIpc) is 2.69. The van der Waals surface area contributed by atoms with Crippen LogP contribution >= 0.6 is 0 Å². The van der Waals surface area contributed by atoms with E-state index in [0.717, 1.165) is 48.0 Å². The Kier molecular flexibility index (Phi) is 7.00. The Bertz CT molecular complexity index is 785. The highest BCUT2D eigenvalue weighted by molar-refractivity contribution is 6.14. The van der Waals surface area contributed by atoms with Crippen LogP contribution in [0.15, 0.2) is 59.7 Å². The SMILES string of the molecule is CCCc1ccc(/C=C2/CN(C)C/C(=C\c3ccc(CCC)cc3)C2=O)cc1. The van der Waals surface area contributed by atoms with Gasteiger partial charge in [0.05, 0.1) is 0 Å². The van der Waals surface area contributed by atoms with Crippen molar-refractivity contribution in [3.8, 4) is 0 Å². The molecule has 1 heterocycles. The van der Waals surface area contributed by atoms with Crippen molar-refractivity contribution in [1.29, 1.82) is 0 Å². The molecule has 28 heavy (non-hydrogen) atoms. The molecule has 2 nitrogen and oxygen atoms in total. The topological polar surface area (TPSA) is 20.3 Å². The first kappa shape index (κ1) is 20.3. The zero-order chi connectivity index (χ0) is 19.9. The lowest BCUT2D eigenvalue weighted by atomic mass is 9.94. The van der Waals surface area contributed by atoms with Crippen molar-refractivity contribution < 1.29 is 4.79 Å². The fourth-order valence-electron chi connectivity index (χ4n) is 3.75. The summed E-state index contributed by atoms with van der Waals surface area (Å²) >= 11 is 0. The highest BCUT2D eigenvalue weighted by Crippen LogP contribution is 2.22. The summed E-state index contributed by atoms with van der Waals surface area (Å²) in [6.07, 6.45) is 8.59. The molecule has 0 unspecified atom stereocenters. The predicted octanol–water partition coefficient (Wildman–Crippen LogP) is 5.57. The maximum absolute atomic E-state index is 13.1. The van der Waals surface area contributed by atoms with Gasteiger partial charge in [-0.25, -0.2) is 0 Å². The second-order valence-corrected chi connectivity index (χ2v) is 7.82. The number of hydrogen-bond donors (Lipinski definition) is 0. The van der Waals surface area contributed by atoms with E-state index < -0.39 is 0 Å². The summed E-state index contributed by atoms with van der Waals surface area (Å²) in [5, 5.41) is 0. The van der Waals surface area contributed by atoms with E-state index in [1.54, 1.807) is 0 Å². The molecular weight excluding hydrogens is 342 g/mol. The number of aryl methyl sites for hydroxylation is 2. The summed E-state index contributed by atoms with van der Waals surface area (Å²) in [7, 11) is 2.07. The van der Waals surface area contributed by atoms with E-state index in [1.807, 2.05) is 12.2 Å². The number of ketones is 1. The third-order valence-corrected chi connectivity index (χ3v) is 5.18. The van der Waals surface area contributed by atoms with Gasteiger partial charge in [-0.3, -0.25) is 9.69 Å². The van der Waals surface area contributed by atoms with Gasteiger partial charge in [0, 0.05) is 24.2 Å². The number of benzene rings is 2.